The van der Waals surface area contributed by atoms with Gasteiger partial charge in [0, 0.05) is 16.7 Å². The monoisotopic (exact) mass is 362 g/mol. The first kappa shape index (κ1) is 16.2. The Morgan fingerprint density at radius 1 is 1.33 bits per heavy atom. The predicted octanol–water partition coefficient (Wildman–Crippen LogP) is 1.83. The molecule has 2 aromatic rings. The summed E-state index contributed by atoms with van der Waals surface area (Å²) >= 11 is 10.8. The summed E-state index contributed by atoms with van der Waals surface area (Å²) in [5, 5.41) is 11.0. The van der Waals surface area contributed by atoms with Crippen LogP contribution < -0.4 is 5.11 Å². The van der Waals surface area contributed by atoms with Gasteiger partial charge in [0.2, 0.25) is 0 Å². The van der Waals surface area contributed by atoms with Crippen LogP contribution in [0.2, 0.25) is 5.02 Å². The van der Waals surface area contributed by atoms with Crippen LogP contribution in [0.5, 0.6) is 0 Å². The van der Waals surface area contributed by atoms with Gasteiger partial charge in [-0.05, 0) is 36.5 Å². The molecule has 1 aromatic carbocycles. The molecule has 1 aliphatic heterocycles. The predicted molar refractivity (Wildman–Crippen MR) is 87.5 cm³/mol. The number of furan rings is 1. The maximum absolute atomic E-state index is 12.1. The van der Waals surface area contributed by atoms with Gasteiger partial charge in [-0.2, -0.15) is 0 Å². The number of thiocarbonyl (C=S) groups is 1. The van der Waals surface area contributed by atoms with Crippen molar-refractivity contribution < 1.29 is 23.8 Å². The van der Waals surface area contributed by atoms with E-state index in [1.807, 2.05) is 6.07 Å². The zero-order valence-corrected chi connectivity index (χ0v) is 13.6. The molecule has 0 unspecified atom stereocenters. The summed E-state index contributed by atoms with van der Waals surface area (Å²) in [6.07, 6.45) is 1.35. The van der Waals surface area contributed by atoms with Gasteiger partial charge in [-0.1, -0.05) is 23.7 Å². The van der Waals surface area contributed by atoms with E-state index in [1.165, 1.54) is 6.08 Å². The van der Waals surface area contributed by atoms with Crippen molar-refractivity contribution >= 4 is 46.9 Å². The molecule has 122 valence electrons. The highest BCUT2D eigenvalue weighted by Gasteiger charge is 2.33. The van der Waals surface area contributed by atoms with Gasteiger partial charge in [0.25, 0.3) is 11.1 Å². The number of carboxylic acids is 1. The third kappa shape index (κ3) is 3.32. The summed E-state index contributed by atoms with van der Waals surface area (Å²) in [5.41, 5.74) is 0.778. The van der Waals surface area contributed by atoms with Crippen LogP contribution >= 0.6 is 23.8 Å². The molecular weight excluding hydrogens is 354 g/mol. The number of hydrogen-bond acceptors (Lipinski definition) is 6. The van der Waals surface area contributed by atoms with E-state index in [4.69, 9.17) is 33.0 Å². The highest BCUT2D eigenvalue weighted by Crippen LogP contribution is 2.27. The van der Waals surface area contributed by atoms with E-state index in [-0.39, 0.29) is 10.9 Å². The molecule has 0 N–H and O–H groups in total. The van der Waals surface area contributed by atoms with Gasteiger partial charge in [-0.3, -0.25) is 9.69 Å². The molecule has 0 spiro atoms. The van der Waals surface area contributed by atoms with Crippen molar-refractivity contribution in [2.75, 3.05) is 6.54 Å². The Morgan fingerprint density at radius 2 is 2.12 bits per heavy atom. The SMILES string of the molecule is O=C([O-])CN1C(=O)/C(=C/c2ccc(-c3cccc(Cl)c3)o2)OC1=S. The molecule has 1 aliphatic rings. The Bertz CT molecular complexity index is 873. The summed E-state index contributed by atoms with van der Waals surface area (Å²) in [4.78, 5) is 23.5. The minimum absolute atomic E-state index is 0.117. The second-order valence-electron chi connectivity index (χ2n) is 4.85. The van der Waals surface area contributed by atoms with Crippen LogP contribution in [0.25, 0.3) is 17.4 Å². The quantitative estimate of drug-likeness (QED) is 0.609. The number of ether oxygens (including phenoxy) is 1. The summed E-state index contributed by atoms with van der Waals surface area (Å²) in [6, 6.07) is 10.5. The molecule has 24 heavy (non-hydrogen) atoms. The van der Waals surface area contributed by atoms with Crippen LogP contribution in [0.15, 0.2) is 46.6 Å². The molecule has 3 rings (SSSR count). The van der Waals surface area contributed by atoms with Gasteiger partial charge in [0.15, 0.2) is 5.76 Å². The Balaban J connectivity index is 1.84. The molecule has 0 atom stereocenters. The molecule has 1 amide bonds. The van der Waals surface area contributed by atoms with Crippen LogP contribution in [0.4, 0.5) is 0 Å². The Kier molecular flexibility index (Phi) is 4.37. The molecule has 0 bridgehead atoms. The lowest BCUT2D eigenvalue weighted by molar-refractivity contribution is -0.305. The lowest BCUT2D eigenvalue weighted by atomic mass is 10.2. The standard InChI is InChI=1S/C16H10ClNO5S/c17-10-3-1-2-9(6-10)12-5-4-11(22-12)7-13-15(21)18(8-14(19)20)16(24)23-13/h1-7H,8H2,(H,19,20)/p-1/b13-7-. The fourth-order valence-electron chi connectivity index (χ4n) is 2.12. The lowest BCUT2D eigenvalue weighted by Gasteiger charge is -2.11. The molecule has 1 fully saturated rings. The van der Waals surface area contributed by atoms with E-state index in [2.05, 4.69) is 0 Å². The molecule has 2 heterocycles. The molecule has 1 saturated heterocycles. The van der Waals surface area contributed by atoms with E-state index < -0.39 is 18.4 Å². The van der Waals surface area contributed by atoms with Gasteiger partial charge in [-0.25, -0.2) is 0 Å². The highest BCUT2D eigenvalue weighted by molar-refractivity contribution is 7.80. The Labute approximate surface area is 146 Å². The second kappa shape index (κ2) is 6.46. The van der Waals surface area contributed by atoms with Crippen molar-refractivity contribution in [3.8, 4) is 11.3 Å². The van der Waals surface area contributed by atoms with Crippen LogP contribution in [0.3, 0.4) is 0 Å². The highest BCUT2D eigenvalue weighted by atomic mass is 35.5. The van der Waals surface area contributed by atoms with E-state index in [0.717, 1.165) is 10.5 Å². The van der Waals surface area contributed by atoms with Gasteiger partial charge in [0.05, 0.1) is 12.5 Å². The zero-order chi connectivity index (χ0) is 17.3. The fraction of sp³-hybridized carbons (Fsp3) is 0.0625. The van der Waals surface area contributed by atoms with Crippen molar-refractivity contribution in [3.63, 3.8) is 0 Å². The zero-order valence-electron chi connectivity index (χ0n) is 12.0. The minimum atomic E-state index is -1.43. The second-order valence-corrected chi connectivity index (χ2v) is 5.64. The van der Waals surface area contributed by atoms with Crippen LogP contribution in [-0.4, -0.2) is 28.5 Å². The van der Waals surface area contributed by atoms with Gasteiger partial charge in [0.1, 0.15) is 11.5 Å². The Morgan fingerprint density at radius 3 is 2.83 bits per heavy atom. The van der Waals surface area contributed by atoms with E-state index in [1.54, 1.807) is 30.3 Å². The summed E-state index contributed by atoms with van der Waals surface area (Å²) in [6.45, 7) is -0.666. The molecule has 6 nitrogen and oxygen atoms in total. The number of benzene rings is 1. The van der Waals surface area contributed by atoms with Gasteiger partial charge >= 0.3 is 0 Å². The number of carbonyl (C=O) groups is 2. The number of aliphatic carboxylic acids is 1. The summed E-state index contributed by atoms with van der Waals surface area (Å²) < 4.78 is 10.8. The number of rotatable bonds is 4. The topological polar surface area (TPSA) is 82.8 Å². The fourth-order valence-corrected chi connectivity index (χ4v) is 2.55. The van der Waals surface area contributed by atoms with E-state index in [0.29, 0.717) is 16.5 Å². The van der Waals surface area contributed by atoms with Crippen LogP contribution in [0.1, 0.15) is 5.76 Å². The third-order valence-electron chi connectivity index (χ3n) is 3.17. The molecule has 8 heteroatoms. The van der Waals surface area contributed by atoms with Crippen molar-refractivity contribution in [1.29, 1.82) is 0 Å². The summed E-state index contributed by atoms with van der Waals surface area (Å²) in [5.74, 6) is -1.30. The van der Waals surface area contributed by atoms with Crippen molar-refractivity contribution in [2.24, 2.45) is 0 Å². The van der Waals surface area contributed by atoms with E-state index >= 15 is 0 Å². The van der Waals surface area contributed by atoms with Crippen LogP contribution in [0, 0.1) is 0 Å². The third-order valence-corrected chi connectivity index (χ3v) is 3.71. The van der Waals surface area contributed by atoms with Crippen molar-refractivity contribution in [3.05, 3.63) is 52.9 Å². The maximum atomic E-state index is 12.1. The number of nitrogens with zero attached hydrogens (tertiary/aromatic N) is 1. The smallest absolute Gasteiger partial charge is 0.297 e. The number of halogens is 1. The lowest BCUT2D eigenvalue weighted by Crippen LogP contribution is -2.40. The maximum Gasteiger partial charge on any atom is 0.297 e. The molecule has 0 radical (unpaired) electrons. The van der Waals surface area contributed by atoms with Crippen LogP contribution in [-0.2, 0) is 14.3 Å². The molecular formula is C16H9ClNO5S-. The number of hydrogen-bond donors (Lipinski definition) is 0. The first-order valence-electron chi connectivity index (χ1n) is 6.75. The largest absolute Gasteiger partial charge is 0.548 e. The average molecular weight is 363 g/mol. The number of carboxylic acid groups (broad SMARTS) is 1. The first-order chi connectivity index (χ1) is 11.4. The van der Waals surface area contributed by atoms with Crippen molar-refractivity contribution in [1.82, 2.24) is 4.90 Å². The normalized spacial score (nSPS) is 15.9. The first-order valence-corrected chi connectivity index (χ1v) is 7.53. The molecule has 1 aromatic heterocycles. The van der Waals surface area contributed by atoms with Gasteiger partial charge < -0.3 is 19.1 Å². The summed E-state index contributed by atoms with van der Waals surface area (Å²) in [7, 11) is 0. The number of amides is 1. The average Bonchev–Trinajstić information content (AvgIpc) is 3.08. The van der Waals surface area contributed by atoms with Gasteiger partial charge in [-0.15, -0.1) is 0 Å². The number of carbonyl (C=O) groups excluding carboxylic acids is 2. The van der Waals surface area contributed by atoms with E-state index in [9.17, 15) is 14.7 Å². The van der Waals surface area contributed by atoms with Crippen molar-refractivity contribution in [2.45, 2.75) is 0 Å². The minimum Gasteiger partial charge on any atom is -0.548 e. The molecule has 0 saturated carbocycles. The Hall–Kier alpha value is -2.64. The molecule has 0 aliphatic carbocycles.